The Morgan fingerprint density at radius 2 is 1.74 bits per heavy atom. The molecule has 7 nitrogen and oxygen atoms in total. The van der Waals surface area contributed by atoms with Crippen molar-refractivity contribution in [1.82, 2.24) is 14.7 Å². The third kappa shape index (κ3) is 5.93. The van der Waals surface area contributed by atoms with Crippen LogP contribution in [0.1, 0.15) is 22.5 Å². The summed E-state index contributed by atoms with van der Waals surface area (Å²) in [4.78, 5) is 19.4. The van der Waals surface area contributed by atoms with E-state index < -0.39 is 0 Å². The van der Waals surface area contributed by atoms with Gasteiger partial charge in [-0.1, -0.05) is 48.5 Å². The summed E-state index contributed by atoms with van der Waals surface area (Å²) < 4.78 is 28.4. The van der Waals surface area contributed by atoms with Crippen molar-refractivity contribution >= 4 is 22.6 Å². The molecule has 9 heteroatoms. The van der Waals surface area contributed by atoms with E-state index in [1.807, 2.05) is 53.4 Å². The van der Waals surface area contributed by atoms with Gasteiger partial charge >= 0.3 is 0 Å². The lowest BCUT2D eigenvalue weighted by atomic mass is 10.1. The van der Waals surface area contributed by atoms with Gasteiger partial charge in [0, 0.05) is 31.0 Å². The van der Waals surface area contributed by atoms with Crippen LogP contribution >= 0.6 is 11.5 Å². The molecule has 1 aliphatic heterocycles. The SMILES string of the molecule is O=C(CN(Cc1ccccc1)c1nc(Cc2ccc(F)cc2)ns1)NCc1ccc2c(c1)OCO2. The molecule has 0 fully saturated rings. The topological polar surface area (TPSA) is 76.6 Å². The zero-order chi connectivity index (χ0) is 24.0. The minimum atomic E-state index is -0.276. The van der Waals surface area contributed by atoms with Crippen LogP contribution in [0, 0.1) is 5.82 Å². The van der Waals surface area contributed by atoms with Crippen LogP contribution in [0.2, 0.25) is 0 Å². The van der Waals surface area contributed by atoms with Gasteiger partial charge in [0.25, 0.3) is 0 Å². The first-order valence-corrected chi connectivity index (χ1v) is 11.9. The smallest absolute Gasteiger partial charge is 0.239 e. The van der Waals surface area contributed by atoms with Crippen molar-refractivity contribution in [2.75, 3.05) is 18.2 Å². The van der Waals surface area contributed by atoms with Gasteiger partial charge in [-0.2, -0.15) is 4.37 Å². The Kier molecular flexibility index (Phi) is 6.85. The number of hydrogen-bond acceptors (Lipinski definition) is 7. The predicted molar refractivity (Wildman–Crippen MR) is 131 cm³/mol. The number of carbonyl (C=O) groups is 1. The van der Waals surface area contributed by atoms with E-state index in [2.05, 4.69) is 14.7 Å². The highest BCUT2D eigenvalue weighted by molar-refractivity contribution is 7.09. The minimum Gasteiger partial charge on any atom is -0.454 e. The molecule has 0 bridgehead atoms. The zero-order valence-corrected chi connectivity index (χ0v) is 19.6. The predicted octanol–water partition coefficient (Wildman–Crippen LogP) is 4.32. The summed E-state index contributed by atoms with van der Waals surface area (Å²) in [6.45, 7) is 1.24. The van der Waals surface area contributed by atoms with Crippen molar-refractivity contribution < 1.29 is 18.7 Å². The number of nitrogens with one attached hydrogen (secondary N) is 1. The largest absolute Gasteiger partial charge is 0.454 e. The molecular formula is C26H23FN4O3S. The molecule has 35 heavy (non-hydrogen) atoms. The van der Waals surface area contributed by atoms with Gasteiger partial charge in [-0.05, 0) is 41.0 Å². The molecule has 0 saturated heterocycles. The molecule has 0 unspecified atom stereocenters. The molecule has 5 rings (SSSR count). The number of benzene rings is 3. The molecule has 0 spiro atoms. The number of halogens is 1. The molecule has 1 aliphatic rings. The van der Waals surface area contributed by atoms with Gasteiger partial charge in [0.1, 0.15) is 11.6 Å². The molecule has 178 valence electrons. The average Bonchev–Trinajstić information content (AvgIpc) is 3.54. The molecule has 0 saturated carbocycles. The van der Waals surface area contributed by atoms with Crippen LogP contribution in [0.4, 0.5) is 9.52 Å². The summed E-state index contributed by atoms with van der Waals surface area (Å²) in [6, 6.07) is 21.8. The molecule has 1 N–H and O–H groups in total. The summed E-state index contributed by atoms with van der Waals surface area (Å²) in [5.74, 6) is 1.62. The number of amides is 1. The summed E-state index contributed by atoms with van der Waals surface area (Å²) >= 11 is 1.25. The molecule has 3 aromatic carbocycles. The van der Waals surface area contributed by atoms with E-state index in [4.69, 9.17) is 9.47 Å². The maximum absolute atomic E-state index is 13.2. The third-order valence-electron chi connectivity index (χ3n) is 5.48. The van der Waals surface area contributed by atoms with E-state index in [-0.39, 0.29) is 25.1 Å². The molecule has 0 radical (unpaired) electrons. The quantitative estimate of drug-likeness (QED) is 0.377. The maximum atomic E-state index is 13.2. The van der Waals surface area contributed by atoms with Gasteiger partial charge in [0.15, 0.2) is 11.5 Å². The number of aromatic nitrogens is 2. The van der Waals surface area contributed by atoms with Gasteiger partial charge in [-0.25, -0.2) is 9.37 Å². The lowest BCUT2D eigenvalue weighted by Crippen LogP contribution is -2.36. The van der Waals surface area contributed by atoms with Crippen LogP contribution in [0.25, 0.3) is 0 Å². The fourth-order valence-electron chi connectivity index (χ4n) is 3.71. The van der Waals surface area contributed by atoms with Crippen LogP contribution in [0.3, 0.4) is 0 Å². The van der Waals surface area contributed by atoms with Crippen LogP contribution in [-0.4, -0.2) is 28.6 Å². The normalized spacial score (nSPS) is 11.9. The average molecular weight is 491 g/mol. The summed E-state index contributed by atoms with van der Waals surface area (Å²) in [6.07, 6.45) is 0.492. The zero-order valence-electron chi connectivity index (χ0n) is 18.8. The van der Waals surface area contributed by atoms with E-state index >= 15 is 0 Å². The molecule has 4 aromatic rings. The maximum Gasteiger partial charge on any atom is 0.239 e. The second-order valence-electron chi connectivity index (χ2n) is 8.10. The first-order valence-electron chi connectivity index (χ1n) is 11.1. The minimum absolute atomic E-state index is 0.130. The van der Waals surface area contributed by atoms with Gasteiger partial charge in [0.2, 0.25) is 17.8 Å². The van der Waals surface area contributed by atoms with Gasteiger partial charge < -0.3 is 19.7 Å². The van der Waals surface area contributed by atoms with E-state index in [9.17, 15) is 9.18 Å². The van der Waals surface area contributed by atoms with E-state index in [1.165, 1.54) is 23.7 Å². The number of hydrogen-bond donors (Lipinski definition) is 1. The Labute approximate surface area is 206 Å². The fourth-order valence-corrected chi connectivity index (χ4v) is 4.39. The summed E-state index contributed by atoms with van der Waals surface area (Å²) in [5, 5.41) is 3.63. The highest BCUT2D eigenvalue weighted by Crippen LogP contribution is 2.32. The standard InChI is InChI=1S/C26H23FN4O3S/c27-21-9-6-18(7-10-21)13-24-29-26(35-30-24)31(15-19-4-2-1-3-5-19)16-25(32)28-14-20-8-11-22-23(12-20)34-17-33-22/h1-12H,13-17H2,(H,28,32). The monoisotopic (exact) mass is 490 g/mol. The van der Waals surface area contributed by atoms with E-state index in [1.54, 1.807) is 12.1 Å². The highest BCUT2D eigenvalue weighted by atomic mass is 32.1. The van der Waals surface area contributed by atoms with Gasteiger partial charge in [-0.15, -0.1) is 0 Å². The Morgan fingerprint density at radius 1 is 0.971 bits per heavy atom. The van der Waals surface area contributed by atoms with Crippen molar-refractivity contribution in [2.24, 2.45) is 0 Å². The number of fused-ring (bicyclic) bond motifs is 1. The third-order valence-corrected chi connectivity index (χ3v) is 6.30. The number of rotatable bonds is 9. The number of ether oxygens (including phenoxy) is 2. The highest BCUT2D eigenvalue weighted by Gasteiger charge is 2.18. The van der Waals surface area contributed by atoms with Crippen molar-refractivity contribution in [3.05, 3.63) is 101 Å². The van der Waals surface area contributed by atoms with E-state index in [0.717, 1.165) is 16.7 Å². The van der Waals surface area contributed by atoms with Crippen molar-refractivity contribution in [2.45, 2.75) is 19.5 Å². The van der Waals surface area contributed by atoms with Crippen molar-refractivity contribution in [3.63, 3.8) is 0 Å². The first-order chi connectivity index (χ1) is 17.1. The summed E-state index contributed by atoms with van der Waals surface area (Å²) in [7, 11) is 0. The summed E-state index contributed by atoms with van der Waals surface area (Å²) in [5.41, 5.74) is 2.91. The van der Waals surface area contributed by atoms with Crippen molar-refractivity contribution in [3.8, 4) is 11.5 Å². The van der Waals surface area contributed by atoms with Gasteiger partial charge in [0.05, 0.1) is 6.54 Å². The Hall–Kier alpha value is -3.98. The van der Waals surface area contributed by atoms with Crippen molar-refractivity contribution in [1.29, 1.82) is 0 Å². The Balaban J connectivity index is 1.26. The second kappa shape index (κ2) is 10.5. The molecule has 0 atom stereocenters. The second-order valence-corrected chi connectivity index (χ2v) is 8.83. The Morgan fingerprint density at radius 3 is 2.57 bits per heavy atom. The molecule has 1 aromatic heterocycles. The van der Waals surface area contributed by atoms with Crippen LogP contribution in [0.5, 0.6) is 11.5 Å². The number of carbonyl (C=O) groups excluding carboxylic acids is 1. The molecular weight excluding hydrogens is 467 g/mol. The molecule has 0 aliphatic carbocycles. The molecule has 2 heterocycles. The first kappa shape index (κ1) is 22.8. The van der Waals surface area contributed by atoms with E-state index in [0.29, 0.717) is 42.0 Å². The van der Waals surface area contributed by atoms with Crippen LogP contribution < -0.4 is 19.7 Å². The molecule has 1 amide bonds. The Bertz CT molecular complexity index is 1300. The number of anilines is 1. The van der Waals surface area contributed by atoms with Crippen LogP contribution in [0.15, 0.2) is 72.8 Å². The van der Waals surface area contributed by atoms with Gasteiger partial charge in [-0.3, -0.25) is 4.79 Å². The lowest BCUT2D eigenvalue weighted by Gasteiger charge is -2.21. The fraction of sp³-hybridized carbons (Fsp3) is 0.192. The number of nitrogens with zero attached hydrogens (tertiary/aromatic N) is 3. The lowest BCUT2D eigenvalue weighted by molar-refractivity contribution is -0.119. The van der Waals surface area contributed by atoms with Crippen LogP contribution in [-0.2, 0) is 24.3 Å².